The van der Waals surface area contributed by atoms with E-state index >= 15 is 0 Å². The van der Waals surface area contributed by atoms with Crippen LogP contribution in [0.25, 0.3) is 0 Å². The summed E-state index contributed by atoms with van der Waals surface area (Å²) in [5, 5.41) is 10.7. The minimum Gasteiger partial charge on any atom is -0.467 e. The van der Waals surface area contributed by atoms with E-state index in [-0.39, 0.29) is 0 Å². The van der Waals surface area contributed by atoms with E-state index in [1.807, 2.05) is 23.9 Å². The lowest BCUT2D eigenvalue weighted by Gasteiger charge is -2.38. The van der Waals surface area contributed by atoms with Crippen LogP contribution in [0.1, 0.15) is 19.6 Å². The molecule has 2 heterocycles. The molecule has 0 bridgehead atoms. The van der Waals surface area contributed by atoms with Gasteiger partial charge in [0, 0.05) is 30.1 Å². The van der Waals surface area contributed by atoms with Gasteiger partial charge in [0.15, 0.2) is 0 Å². The number of furan rings is 1. The van der Waals surface area contributed by atoms with Gasteiger partial charge in [-0.25, -0.2) is 0 Å². The molecule has 3 atom stereocenters. The van der Waals surface area contributed by atoms with Crippen molar-refractivity contribution in [3.8, 4) is 0 Å². The van der Waals surface area contributed by atoms with Crippen LogP contribution in [-0.4, -0.2) is 52.9 Å². The lowest BCUT2D eigenvalue weighted by atomic mass is 10.2. The van der Waals surface area contributed by atoms with Crippen molar-refractivity contribution in [1.29, 1.82) is 0 Å². The summed E-state index contributed by atoms with van der Waals surface area (Å²) in [6.07, 6.45) is 1.19. The zero-order valence-electron chi connectivity index (χ0n) is 11.6. The molecule has 0 aromatic carbocycles. The first-order valence-electron chi connectivity index (χ1n) is 6.80. The van der Waals surface area contributed by atoms with Gasteiger partial charge in [-0.15, -0.1) is 0 Å². The predicted molar refractivity (Wildman–Crippen MR) is 77.3 cm³/mol. The molecule has 1 aliphatic heterocycles. The van der Waals surface area contributed by atoms with Gasteiger partial charge in [0.25, 0.3) is 0 Å². The maximum absolute atomic E-state index is 10.0. The van der Waals surface area contributed by atoms with Crippen LogP contribution in [0.4, 0.5) is 0 Å². The number of aliphatic hydroxyl groups is 1. The van der Waals surface area contributed by atoms with Crippen molar-refractivity contribution in [2.75, 3.05) is 25.4 Å². The average molecular weight is 285 g/mol. The first-order chi connectivity index (χ1) is 9.16. The topological polar surface area (TPSA) is 45.8 Å². The summed E-state index contributed by atoms with van der Waals surface area (Å²) in [7, 11) is 0. The third-order valence-corrected chi connectivity index (χ3v) is 4.93. The fourth-order valence-electron chi connectivity index (χ4n) is 2.27. The number of thioether (sulfide) groups is 1. The highest BCUT2D eigenvalue weighted by atomic mass is 32.2. The van der Waals surface area contributed by atoms with Gasteiger partial charge in [0.05, 0.1) is 19.0 Å². The molecule has 1 fully saturated rings. The summed E-state index contributed by atoms with van der Waals surface area (Å²) in [6.45, 7) is 6.99. The van der Waals surface area contributed by atoms with E-state index < -0.39 is 6.10 Å². The predicted octanol–water partition coefficient (Wildman–Crippen LogP) is 1.98. The Labute approximate surface area is 119 Å². The van der Waals surface area contributed by atoms with E-state index in [1.54, 1.807) is 6.26 Å². The fraction of sp³-hybridized carbons (Fsp3) is 0.714. The molecule has 0 saturated carbocycles. The number of hydrogen-bond donors (Lipinski definition) is 1. The van der Waals surface area contributed by atoms with Crippen LogP contribution >= 0.6 is 11.8 Å². The van der Waals surface area contributed by atoms with Gasteiger partial charge in [-0.2, -0.15) is 11.8 Å². The van der Waals surface area contributed by atoms with Crippen molar-refractivity contribution in [3.05, 3.63) is 24.2 Å². The Bertz CT molecular complexity index is 358. The van der Waals surface area contributed by atoms with E-state index in [1.165, 1.54) is 0 Å². The van der Waals surface area contributed by atoms with E-state index in [2.05, 4.69) is 18.7 Å². The average Bonchev–Trinajstić information content (AvgIpc) is 2.88. The second-order valence-corrected chi connectivity index (χ2v) is 6.54. The Balaban J connectivity index is 1.67. The summed E-state index contributed by atoms with van der Waals surface area (Å²) >= 11 is 2.01. The highest BCUT2D eigenvalue weighted by Gasteiger charge is 2.26. The SMILES string of the molecule is CC1SCCN(CC(O)COCc2ccco2)C1C. The summed E-state index contributed by atoms with van der Waals surface area (Å²) in [6, 6.07) is 4.22. The Hall–Kier alpha value is -0.490. The Kier molecular flexibility index (Phi) is 5.76. The molecule has 2 rings (SSSR count). The monoisotopic (exact) mass is 285 g/mol. The normalized spacial score (nSPS) is 26.5. The van der Waals surface area contributed by atoms with E-state index in [0.717, 1.165) is 18.1 Å². The molecule has 1 N–H and O–H groups in total. The fourth-order valence-corrected chi connectivity index (χ4v) is 3.43. The number of hydrogen-bond acceptors (Lipinski definition) is 5. The molecule has 3 unspecified atom stereocenters. The quantitative estimate of drug-likeness (QED) is 0.866. The molecule has 4 nitrogen and oxygen atoms in total. The number of ether oxygens (including phenoxy) is 1. The van der Waals surface area contributed by atoms with Crippen molar-refractivity contribution >= 4 is 11.8 Å². The third-order valence-electron chi connectivity index (χ3n) is 3.59. The number of aliphatic hydroxyl groups excluding tert-OH is 1. The minimum atomic E-state index is -0.437. The Morgan fingerprint density at radius 3 is 3.16 bits per heavy atom. The molecule has 5 heteroatoms. The molecule has 1 aromatic heterocycles. The van der Waals surface area contributed by atoms with Crippen LogP contribution in [-0.2, 0) is 11.3 Å². The van der Waals surface area contributed by atoms with Gasteiger partial charge in [0.1, 0.15) is 12.4 Å². The lowest BCUT2D eigenvalue weighted by molar-refractivity contribution is -0.000137. The molecule has 0 amide bonds. The highest BCUT2D eigenvalue weighted by molar-refractivity contribution is 8.00. The zero-order chi connectivity index (χ0) is 13.7. The number of rotatable bonds is 6. The van der Waals surface area contributed by atoms with E-state index in [4.69, 9.17) is 9.15 Å². The Morgan fingerprint density at radius 2 is 2.42 bits per heavy atom. The summed E-state index contributed by atoms with van der Waals surface area (Å²) < 4.78 is 10.6. The second-order valence-electron chi connectivity index (χ2n) is 5.06. The number of β-amino-alcohol motifs (C(OH)–C–C–N with tert-alkyl or cyclic N) is 1. The maximum Gasteiger partial charge on any atom is 0.129 e. The van der Waals surface area contributed by atoms with Crippen LogP contribution in [0.2, 0.25) is 0 Å². The van der Waals surface area contributed by atoms with Crippen molar-refractivity contribution in [3.63, 3.8) is 0 Å². The van der Waals surface area contributed by atoms with E-state index in [9.17, 15) is 5.11 Å². The van der Waals surface area contributed by atoms with Gasteiger partial charge in [-0.3, -0.25) is 4.90 Å². The maximum atomic E-state index is 10.0. The van der Waals surface area contributed by atoms with Gasteiger partial charge in [0.2, 0.25) is 0 Å². The van der Waals surface area contributed by atoms with Gasteiger partial charge >= 0.3 is 0 Å². The first kappa shape index (κ1) is 14.9. The standard InChI is InChI=1S/C14H23NO3S/c1-11-12(2)19-7-5-15(11)8-13(16)9-17-10-14-4-3-6-18-14/h3-4,6,11-13,16H,5,7-10H2,1-2H3. The zero-order valence-corrected chi connectivity index (χ0v) is 12.4. The van der Waals surface area contributed by atoms with Crippen LogP contribution in [0.15, 0.2) is 22.8 Å². The molecule has 1 saturated heterocycles. The molecule has 19 heavy (non-hydrogen) atoms. The molecular formula is C14H23NO3S. The van der Waals surface area contributed by atoms with Crippen molar-refractivity contribution in [2.24, 2.45) is 0 Å². The minimum absolute atomic E-state index is 0.353. The second kappa shape index (κ2) is 7.33. The van der Waals surface area contributed by atoms with Gasteiger partial charge < -0.3 is 14.3 Å². The molecular weight excluding hydrogens is 262 g/mol. The van der Waals surface area contributed by atoms with Gasteiger partial charge in [-0.05, 0) is 19.1 Å². The van der Waals surface area contributed by atoms with Crippen molar-refractivity contribution < 1.29 is 14.3 Å². The highest BCUT2D eigenvalue weighted by Crippen LogP contribution is 2.24. The third kappa shape index (κ3) is 4.53. The van der Waals surface area contributed by atoms with Crippen molar-refractivity contribution in [1.82, 2.24) is 4.90 Å². The van der Waals surface area contributed by atoms with Crippen LogP contribution in [0.3, 0.4) is 0 Å². The molecule has 0 aliphatic carbocycles. The van der Waals surface area contributed by atoms with Crippen LogP contribution in [0, 0.1) is 0 Å². The van der Waals surface area contributed by atoms with E-state index in [0.29, 0.717) is 31.1 Å². The number of nitrogens with zero attached hydrogens (tertiary/aromatic N) is 1. The largest absolute Gasteiger partial charge is 0.467 e. The van der Waals surface area contributed by atoms with Crippen LogP contribution < -0.4 is 0 Å². The smallest absolute Gasteiger partial charge is 0.129 e. The summed E-state index contributed by atoms with van der Waals surface area (Å²) in [5.74, 6) is 1.94. The molecule has 0 radical (unpaired) electrons. The molecule has 0 spiro atoms. The lowest BCUT2D eigenvalue weighted by Crippen LogP contribution is -2.48. The summed E-state index contributed by atoms with van der Waals surface area (Å²) in [4.78, 5) is 2.35. The molecule has 1 aliphatic rings. The summed E-state index contributed by atoms with van der Waals surface area (Å²) in [5.41, 5.74) is 0. The first-order valence-corrected chi connectivity index (χ1v) is 7.85. The van der Waals surface area contributed by atoms with Crippen molar-refractivity contribution in [2.45, 2.75) is 37.9 Å². The van der Waals surface area contributed by atoms with Crippen LogP contribution in [0.5, 0.6) is 0 Å². The molecule has 1 aromatic rings. The molecule has 108 valence electrons. The Morgan fingerprint density at radius 1 is 1.58 bits per heavy atom. The van der Waals surface area contributed by atoms with Gasteiger partial charge in [-0.1, -0.05) is 6.92 Å².